The van der Waals surface area contributed by atoms with Crippen molar-refractivity contribution in [3.63, 3.8) is 0 Å². The van der Waals surface area contributed by atoms with Crippen molar-refractivity contribution in [2.24, 2.45) is 0 Å². The third-order valence-electron chi connectivity index (χ3n) is 4.47. The Morgan fingerprint density at radius 1 is 1.38 bits per heavy atom. The highest BCUT2D eigenvalue weighted by molar-refractivity contribution is 5.76. The second kappa shape index (κ2) is 7.49. The van der Waals surface area contributed by atoms with Crippen LogP contribution in [0.5, 0.6) is 5.75 Å². The van der Waals surface area contributed by atoms with Crippen molar-refractivity contribution in [2.45, 2.75) is 32.5 Å². The fraction of sp³-hybridized carbons (Fsp3) is 0.444. The zero-order valence-corrected chi connectivity index (χ0v) is 14.2. The molecule has 1 unspecified atom stereocenters. The number of carbonyl (C=O) groups is 1. The summed E-state index contributed by atoms with van der Waals surface area (Å²) in [5.41, 5.74) is 2.33. The largest absolute Gasteiger partial charge is 0.496 e. The van der Waals surface area contributed by atoms with Gasteiger partial charge in [-0.05, 0) is 30.7 Å². The summed E-state index contributed by atoms with van der Waals surface area (Å²) in [6, 6.07) is 8.53. The van der Waals surface area contributed by atoms with E-state index >= 15 is 0 Å². The lowest BCUT2D eigenvalue weighted by molar-refractivity contribution is -0.120. The Bertz CT molecular complexity index is 684. The van der Waals surface area contributed by atoms with Crippen LogP contribution in [0.25, 0.3) is 0 Å². The number of hydrogen-bond acceptors (Lipinski definition) is 4. The van der Waals surface area contributed by atoms with Crippen LogP contribution in [-0.2, 0) is 17.9 Å². The fourth-order valence-electron chi connectivity index (χ4n) is 3.04. The molecule has 1 aliphatic heterocycles. The lowest BCUT2D eigenvalue weighted by atomic mass is 10.1. The highest BCUT2D eigenvalue weighted by atomic mass is 16.5. The molecule has 1 amide bonds. The number of amides is 1. The fourth-order valence-corrected chi connectivity index (χ4v) is 3.04. The molecule has 2 aromatic rings. The van der Waals surface area contributed by atoms with E-state index < -0.39 is 0 Å². The van der Waals surface area contributed by atoms with Gasteiger partial charge in [0.05, 0.1) is 13.7 Å². The number of ether oxygens (including phenoxy) is 1. The molecular weight excluding hydrogens is 304 g/mol. The van der Waals surface area contributed by atoms with Crippen molar-refractivity contribution in [1.82, 2.24) is 20.0 Å². The third kappa shape index (κ3) is 3.94. The van der Waals surface area contributed by atoms with E-state index in [1.165, 1.54) is 5.56 Å². The van der Waals surface area contributed by atoms with Gasteiger partial charge in [0.25, 0.3) is 0 Å². The highest BCUT2D eigenvalue weighted by Gasteiger charge is 2.20. The Labute approximate surface area is 142 Å². The van der Waals surface area contributed by atoms with Crippen molar-refractivity contribution in [1.29, 1.82) is 0 Å². The monoisotopic (exact) mass is 328 g/mol. The number of methoxy groups -OCH3 is 1. The summed E-state index contributed by atoms with van der Waals surface area (Å²) in [4.78, 5) is 13.9. The van der Waals surface area contributed by atoms with Crippen molar-refractivity contribution in [2.75, 3.05) is 20.2 Å². The molecule has 1 saturated heterocycles. The number of nitrogens with one attached hydrogen (secondary N) is 1. The van der Waals surface area contributed by atoms with Gasteiger partial charge in [0, 0.05) is 50.1 Å². The van der Waals surface area contributed by atoms with Gasteiger partial charge in [-0.2, -0.15) is 5.10 Å². The van der Waals surface area contributed by atoms with Gasteiger partial charge in [-0.3, -0.25) is 14.4 Å². The van der Waals surface area contributed by atoms with Crippen LogP contribution in [0.15, 0.2) is 36.7 Å². The molecule has 1 fully saturated rings. The first-order valence-corrected chi connectivity index (χ1v) is 8.29. The van der Waals surface area contributed by atoms with Crippen LogP contribution in [0.2, 0.25) is 0 Å². The van der Waals surface area contributed by atoms with Gasteiger partial charge in [-0.15, -0.1) is 0 Å². The van der Waals surface area contributed by atoms with Crippen LogP contribution in [0.3, 0.4) is 0 Å². The number of rotatable bonds is 5. The van der Waals surface area contributed by atoms with Gasteiger partial charge in [0.15, 0.2) is 0 Å². The zero-order valence-electron chi connectivity index (χ0n) is 14.2. The van der Waals surface area contributed by atoms with Crippen LogP contribution in [0, 0.1) is 0 Å². The number of nitrogens with zero attached hydrogens (tertiary/aromatic N) is 3. The second-order valence-electron chi connectivity index (χ2n) is 6.22. The Morgan fingerprint density at radius 3 is 3.00 bits per heavy atom. The summed E-state index contributed by atoms with van der Waals surface area (Å²) in [6.45, 7) is 5.15. The molecule has 0 radical (unpaired) electrons. The molecule has 3 rings (SSSR count). The summed E-state index contributed by atoms with van der Waals surface area (Å²) in [5, 5.41) is 7.23. The lowest BCUT2D eigenvalue weighted by Gasteiger charge is -2.26. The van der Waals surface area contributed by atoms with Crippen LogP contribution in [0.1, 0.15) is 24.5 Å². The number of benzene rings is 1. The molecule has 6 heteroatoms. The minimum atomic E-state index is 0.137. The van der Waals surface area contributed by atoms with Gasteiger partial charge in [-0.25, -0.2) is 0 Å². The standard InChI is InChI=1S/C18H24N4O2/c1-14-11-19-18(23)6-9-21(14)12-15-4-5-17(24-2)16(10-15)13-22-8-3-7-20-22/h3-5,7-8,10,14H,6,9,11-13H2,1-2H3,(H,19,23). The maximum Gasteiger partial charge on any atom is 0.221 e. The summed E-state index contributed by atoms with van der Waals surface area (Å²) in [5.74, 6) is 1.01. The Kier molecular flexibility index (Phi) is 5.15. The summed E-state index contributed by atoms with van der Waals surface area (Å²) < 4.78 is 7.37. The van der Waals surface area contributed by atoms with E-state index in [2.05, 4.69) is 34.4 Å². The lowest BCUT2D eigenvalue weighted by Crippen LogP contribution is -2.37. The van der Waals surface area contributed by atoms with Gasteiger partial charge in [-0.1, -0.05) is 6.07 Å². The van der Waals surface area contributed by atoms with Crippen LogP contribution >= 0.6 is 0 Å². The van der Waals surface area contributed by atoms with Crippen LogP contribution in [0.4, 0.5) is 0 Å². The van der Waals surface area contributed by atoms with E-state index in [4.69, 9.17) is 4.74 Å². The van der Waals surface area contributed by atoms with Crippen molar-refractivity contribution in [3.05, 3.63) is 47.8 Å². The first-order valence-electron chi connectivity index (χ1n) is 8.29. The zero-order chi connectivity index (χ0) is 16.9. The van der Waals surface area contributed by atoms with E-state index in [1.807, 2.05) is 23.0 Å². The maximum atomic E-state index is 11.6. The molecule has 1 aliphatic rings. The van der Waals surface area contributed by atoms with Crippen LogP contribution in [-0.4, -0.2) is 46.8 Å². The van der Waals surface area contributed by atoms with E-state index in [0.717, 1.165) is 24.4 Å². The highest BCUT2D eigenvalue weighted by Crippen LogP contribution is 2.22. The molecule has 0 saturated carbocycles. The molecule has 1 N–H and O–H groups in total. The van der Waals surface area contributed by atoms with E-state index in [1.54, 1.807) is 13.3 Å². The predicted octanol–water partition coefficient (Wildman–Crippen LogP) is 1.65. The molecule has 1 aromatic heterocycles. The van der Waals surface area contributed by atoms with E-state index in [9.17, 15) is 4.79 Å². The number of aromatic nitrogens is 2. The normalized spacial score (nSPS) is 18.9. The predicted molar refractivity (Wildman–Crippen MR) is 91.8 cm³/mol. The SMILES string of the molecule is COc1ccc(CN2CCC(=O)NCC2C)cc1Cn1cccn1. The Balaban J connectivity index is 1.76. The van der Waals surface area contributed by atoms with Gasteiger partial charge < -0.3 is 10.1 Å². The Morgan fingerprint density at radius 2 is 2.25 bits per heavy atom. The smallest absolute Gasteiger partial charge is 0.221 e. The van der Waals surface area contributed by atoms with Gasteiger partial charge in [0.1, 0.15) is 5.75 Å². The van der Waals surface area contributed by atoms with Crippen LogP contribution < -0.4 is 10.1 Å². The number of carbonyl (C=O) groups excluding carboxylic acids is 1. The number of hydrogen-bond donors (Lipinski definition) is 1. The first kappa shape index (κ1) is 16.5. The minimum absolute atomic E-state index is 0.137. The van der Waals surface area contributed by atoms with Gasteiger partial charge >= 0.3 is 0 Å². The summed E-state index contributed by atoms with van der Waals surface area (Å²) >= 11 is 0. The molecule has 1 atom stereocenters. The van der Waals surface area contributed by atoms with Gasteiger partial charge in [0.2, 0.25) is 5.91 Å². The molecule has 0 aliphatic carbocycles. The molecule has 6 nitrogen and oxygen atoms in total. The average molecular weight is 328 g/mol. The minimum Gasteiger partial charge on any atom is -0.496 e. The molecule has 128 valence electrons. The van der Waals surface area contributed by atoms with Crippen molar-refractivity contribution >= 4 is 5.91 Å². The van der Waals surface area contributed by atoms with Crippen molar-refractivity contribution < 1.29 is 9.53 Å². The topological polar surface area (TPSA) is 59.4 Å². The van der Waals surface area contributed by atoms with E-state index in [0.29, 0.717) is 25.6 Å². The summed E-state index contributed by atoms with van der Waals surface area (Å²) in [7, 11) is 1.69. The third-order valence-corrected chi connectivity index (χ3v) is 4.47. The maximum absolute atomic E-state index is 11.6. The molecular formula is C18H24N4O2. The van der Waals surface area contributed by atoms with E-state index in [-0.39, 0.29) is 5.91 Å². The summed E-state index contributed by atoms with van der Waals surface area (Å²) in [6.07, 6.45) is 4.28. The molecule has 2 heterocycles. The second-order valence-corrected chi connectivity index (χ2v) is 6.22. The molecule has 0 bridgehead atoms. The molecule has 24 heavy (non-hydrogen) atoms. The average Bonchev–Trinajstić information content (AvgIpc) is 3.04. The quantitative estimate of drug-likeness (QED) is 0.907. The molecule has 1 aromatic carbocycles. The molecule has 0 spiro atoms. The first-order chi connectivity index (χ1) is 11.7. The Hall–Kier alpha value is -2.34. The van der Waals surface area contributed by atoms with Crippen molar-refractivity contribution in [3.8, 4) is 5.75 Å².